The summed E-state index contributed by atoms with van der Waals surface area (Å²) in [6, 6.07) is 0. The number of aliphatic hydroxyl groups is 2. The van der Waals surface area contributed by atoms with Gasteiger partial charge in [0.15, 0.2) is 11.6 Å². The van der Waals surface area contributed by atoms with Crippen LogP contribution in [-0.2, 0) is 18.9 Å². The van der Waals surface area contributed by atoms with Crippen LogP contribution in [0, 0.1) is 0 Å². The van der Waals surface area contributed by atoms with Crippen LogP contribution in [0.4, 0.5) is 0 Å². The van der Waals surface area contributed by atoms with E-state index in [1.165, 1.54) is 0 Å². The van der Waals surface area contributed by atoms with Gasteiger partial charge in [-0.15, -0.1) is 0 Å². The lowest BCUT2D eigenvalue weighted by Gasteiger charge is -2.27. The molecule has 0 aromatic rings. The van der Waals surface area contributed by atoms with Gasteiger partial charge in [-0.3, -0.25) is 0 Å². The van der Waals surface area contributed by atoms with Crippen LogP contribution in [-0.4, -0.2) is 59.4 Å². The Bertz CT molecular complexity index is 273. The molecule has 2 fully saturated rings. The van der Waals surface area contributed by atoms with Crippen molar-refractivity contribution >= 4 is 0 Å². The molecule has 0 radical (unpaired) electrons. The molecule has 0 unspecified atom stereocenters. The summed E-state index contributed by atoms with van der Waals surface area (Å²) in [6.07, 6.45) is -3.23. The topological polar surface area (TPSA) is 77.4 Å². The summed E-state index contributed by atoms with van der Waals surface area (Å²) in [5, 5.41) is 20.2. The van der Waals surface area contributed by atoms with E-state index in [0.717, 1.165) is 0 Å². The van der Waals surface area contributed by atoms with Gasteiger partial charge in [0.05, 0.1) is 13.2 Å². The zero-order chi connectivity index (χ0) is 13.6. The highest BCUT2D eigenvalue weighted by Gasteiger charge is 2.45. The number of aliphatic hydroxyl groups excluding tert-OH is 2. The van der Waals surface area contributed by atoms with E-state index in [0.29, 0.717) is 0 Å². The van der Waals surface area contributed by atoms with Crippen molar-refractivity contribution in [3.05, 3.63) is 0 Å². The van der Waals surface area contributed by atoms with Gasteiger partial charge in [0.25, 0.3) is 0 Å². The first-order valence-corrected chi connectivity index (χ1v) is 6.20. The second-order valence-corrected chi connectivity index (χ2v) is 5.72. The Balaban J connectivity index is 1.92. The summed E-state index contributed by atoms with van der Waals surface area (Å²) in [4.78, 5) is 0. The average molecular weight is 262 g/mol. The van der Waals surface area contributed by atoms with Crippen LogP contribution in [0.3, 0.4) is 0 Å². The van der Waals surface area contributed by atoms with Crippen molar-refractivity contribution in [2.75, 3.05) is 13.2 Å². The lowest BCUT2D eigenvalue weighted by Crippen LogP contribution is -2.47. The first-order valence-electron chi connectivity index (χ1n) is 6.20. The number of hydrogen-bond donors (Lipinski definition) is 2. The molecule has 2 aliphatic heterocycles. The maximum Gasteiger partial charge on any atom is 0.163 e. The lowest BCUT2D eigenvalue weighted by atomic mass is 10.0. The molecule has 0 aromatic heterocycles. The molecule has 0 amide bonds. The van der Waals surface area contributed by atoms with Crippen LogP contribution in [0.5, 0.6) is 0 Å². The third-order valence-electron chi connectivity index (χ3n) is 3.17. The van der Waals surface area contributed by atoms with Crippen molar-refractivity contribution in [3.63, 3.8) is 0 Å². The van der Waals surface area contributed by atoms with E-state index < -0.39 is 36.0 Å². The van der Waals surface area contributed by atoms with Gasteiger partial charge in [0, 0.05) is 0 Å². The molecule has 0 saturated carbocycles. The lowest BCUT2D eigenvalue weighted by molar-refractivity contribution is -0.183. The van der Waals surface area contributed by atoms with Gasteiger partial charge in [0.1, 0.15) is 24.4 Å². The predicted octanol–water partition coefficient (Wildman–Crippen LogP) is 0.0112. The minimum Gasteiger partial charge on any atom is -0.387 e. The predicted molar refractivity (Wildman–Crippen MR) is 61.8 cm³/mol. The van der Waals surface area contributed by atoms with Crippen LogP contribution < -0.4 is 0 Å². The van der Waals surface area contributed by atoms with Gasteiger partial charge in [-0.2, -0.15) is 0 Å². The van der Waals surface area contributed by atoms with Crippen molar-refractivity contribution in [2.45, 2.75) is 63.7 Å². The SMILES string of the molecule is CC1(C)OC[C@@H]([C@H](O)[C@@H](O)[C@H]2COC(C)(C)O2)O1. The summed E-state index contributed by atoms with van der Waals surface area (Å²) in [6.45, 7) is 7.58. The normalized spacial score (nSPS) is 37.7. The van der Waals surface area contributed by atoms with Crippen molar-refractivity contribution in [1.82, 2.24) is 0 Å². The fourth-order valence-electron chi connectivity index (χ4n) is 2.21. The molecule has 106 valence electrons. The zero-order valence-electron chi connectivity index (χ0n) is 11.3. The van der Waals surface area contributed by atoms with E-state index in [9.17, 15) is 10.2 Å². The van der Waals surface area contributed by atoms with Crippen molar-refractivity contribution in [3.8, 4) is 0 Å². The first-order chi connectivity index (χ1) is 8.20. The third-order valence-corrected chi connectivity index (χ3v) is 3.17. The molecular weight excluding hydrogens is 240 g/mol. The van der Waals surface area contributed by atoms with E-state index in [2.05, 4.69) is 0 Å². The largest absolute Gasteiger partial charge is 0.387 e. The molecule has 2 N–H and O–H groups in total. The zero-order valence-corrected chi connectivity index (χ0v) is 11.3. The van der Waals surface area contributed by atoms with Gasteiger partial charge >= 0.3 is 0 Å². The molecule has 0 spiro atoms. The average Bonchev–Trinajstić information content (AvgIpc) is 2.79. The standard InChI is InChI=1S/C12H22O6/c1-11(2)15-5-7(17-11)9(13)10(14)8-6-16-12(3,4)18-8/h7-10,13-14H,5-6H2,1-4H3/t7-,8+,9-,10-/m0/s1. The first kappa shape index (κ1) is 14.2. The van der Waals surface area contributed by atoms with Crippen LogP contribution in [0.2, 0.25) is 0 Å². The minimum atomic E-state index is -1.06. The highest BCUT2D eigenvalue weighted by atomic mass is 16.8. The van der Waals surface area contributed by atoms with E-state index >= 15 is 0 Å². The van der Waals surface area contributed by atoms with Gasteiger partial charge < -0.3 is 29.2 Å². The smallest absolute Gasteiger partial charge is 0.163 e. The van der Waals surface area contributed by atoms with Crippen LogP contribution in [0.25, 0.3) is 0 Å². The Labute approximate surface area is 107 Å². The molecule has 6 heteroatoms. The van der Waals surface area contributed by atoms with Crippen LogP contribution in [0.1, 0.15) is 27.7 Å². The van der Waals surface area contributed by atoms with E-state index in [1.54, 1.807) is 27.7 Å². The Hall–Kier alpha value is -0.240. The van der Waals surface area contributed by atoms with Gasteiger partial charge in [-0.05, 0) is 27.7 Å². The fourth-order valence-corrected chi connectivity index (χ4v) is 2.21. The molecule has 0 bridgehead atoms. The Kier molecular flexibility index (Phi) is 3.70. The molecule has 4 atom stereocenters. The number of hydrogen-bond acceptors (Lipinski definition) is 6. The molecule has 18 heavy (non-hydrogen) atoms. The van der Waals surface area contributed by atoms with Gasteiger partial charge in [-0.1, -0.05) is 0 Å². The van der Waals surface area contributed by atoms with Crippen molar-refractivity contribution in [1.29, 1.82) is 0 Å². The second kappa shape index (κ2) is 4.70. The molecule has 6 nitrogen and oxygen atoms in total. The Morgan fingerprint density at radius 1 is 0.833 bits per heavy atom. The van der Waals surface area contributed by atoms with Gasteiger partial charge in [0.2, 0.25) is 0 Å². The third kappa shape index (κ3) is 3.01. The molecular formula is C12H22O6. The molecule has 2 aliphatic rings. The maximum absolute atomic E-state index is 10.1. The summed E-state index contributed by atoms with van der Waals surface area (Å²) in [5.41, 5.74) is 0. The monoisotopic (exact) mass is 262 g/mol. The van der Waals surface area contributed by atoms with Crippen molar-refractivity contribution in [2.24, 2.45) is 0 Å². The minimum absolute atomic E-state index is 0.252. The van der Waals surface area contributed by atoms with E-state index in [1.807, 2.05) is 0 Å². The summed E-state index contributed by atoms with van der Waals surface area (Å²) in [7, 11) is 0. The summed E-state index contributed by atoms with van der Waals surface area (Å²) >= 11 is 0. The number of ether oxygens (including phenoxy) is 4. The van der Waals surface area contributed by atoms with Crippen LogP contribution in [0.15, 0.2) is 0 Å². The Morgan fingerprint density at radius 3 is 1.39 bits per heavy atom. The van der Waals surface area contributed by atoms with Gasteiger partial charge in [-0.25, -0.2) is 0 Å². The fraction of sp³-hybridized carbons (Fsp3) is 1.00. The van der Waals surface area contributed by atoms with Crippen LogP contribution >= 0.6 is 0 Å². The Morgan fingerprint density at radius 2 is 1.17 bits per heavy atom. The maximum atomic E-state index is 10.1. The van der Waals surface area contributed by atoms with E-state index in [4.69, 9.17) is 18.9 Å². The van der Waals surface area contributed by atoms with E-state index in [-0.39, 0.29) is 13.2 Å². The molecule has 2 rings (SSSR count). The highest BCUT2D eigenvalue weighted by molar-refractivity contribution is 4.88. The van der Waals surface area contributed by atoms with Crippen molar-refractivity contribution < 1.29 is 29.2 Å². The summed E-state index contributed by atoms with van der Waals surface area (Å²) in [5.74, 6) is -1.45. The quantitative estimate of drug-likeness (QED) is 0.746. The molecule has 2 heterocycles. The molecule has 0 aliphatic carbocycles. The second-order valence-electron chi connectivity index (χ2n) is 5.72. The molecule has 2 saturated heterocycles. The highest BCUT2D eigenvalue weighted by Crippen LogP contribution is 2.29. The summed E-state index contributed by atoms with van der Waals surface area (Å²) < 4.78 is 21.8. The molecule has 0 aromatic carbocycles. The number of rotatable bonds is 3.